The van der Waals surface area contributed by atoms with Gasteiger partial charge >= 0.3 is 0 Å². The standard InChI is InChI=1S/C14H18ClN5O.HI/c1-9(2)7-17-14(16)18-8-12-19-13(20-21-12)10-4-3-5-11(15)6-10;/h3-6,9H,7-8H2,1-2H3,(H3,16,17,18);1H. The summed E-state index contributed by atoms with van der Waals surface area (Å²) in [6, 6.07) is 7.26. The van der Waals surface area contributed by atoms with Gasteiger partial charge in [0.25, 0.3) is 0 Å². The van der Waals surface area contributed by atoms with Gasteiger partial charge in [0.2, 0.25) is 11.7 Å². The molecular formula is C14H19ClIN5O. The molecule has 120 valence electrons. The molecule has 0 fully saturated rings. The predicted molar refractivity (Wildman–Crippen MR) is 98.3 cm³/mol. The van der Waals surface area contributed by atoms with Crippen molar-refractivity contribution in [1.82, 2.24) is 15.5 Å². The van der Waals surface area contributed by atoms with E-state index in [0.29, 0.717) is 28.6 Å². The average molecular weight is 436 g/mol. The van der Waals surface area contributed by atoms with Crippen molar-refractivity contribution in [3.05, 3.63) is 35.2 Å². The molecule has 8 heteroatoms. The second-order valence-electron chi connectivity index (χ2n) is 5.00. The molecule has 0 atom stereocenters. The number of aliphatic imine (C=N–C) groups is 1. The van der Waals surface area contributed by atoms with Crippen LogP contribution in [-0.4, -0.2) is 22.6 Å². The molecule has 0 radical (unpaired) electrons. The Morgan fingerprint density at radius 3 is 2.91 bits per heavy atom. The van der Waals surface area contributed by atoms with Crippen LogP contribution >= 0.6 is 35.6 Å². The maximum atomic E-state index is 5.93. The smallest absolute Gasteiger partial charge is 0.248 e. The Morgan fingerprint density at radius 1 is 1.45 bits per heavy atom. The van der Waals surface area contributed by atoms with Crippen molar-refractivity contribution in [3.63, 3.8) is 0 Å². The topological polar surface area (TPSA) is 89.3 Å². The summed E-state index contributed by atoms with van der Waals surface area (Å²) in [4.78, 5) is 8.41. The number of halogens is 2. The second kappa shape index (κ2) is 8.94. The maximum absolute atomic E-state index is 5.93. The lowest BCUT2D eigenvalue weighted by Gasteiger charge is -2.06. The number of nitrogens with zero attached hydrogens (tertiary/aromatic N) is 3. The van der Waals surface area contributed by atoms with Crippen LogP contribution in [0.25, 0.3) is 11.4 Å². The van der Waals surface area contributed by atoms with E-state index in [1.807, 2.05) is 12.1 Å². The van der Waals surface area contributed by atoms with Crippen molar-refractivity contribution in [2.24, 2.45) is 16.6 Å². The zero-order valence-electron chi connectivity index (χ0n) is 12.4. The van der Waals surface area contributed by atoms with E-state index >= 15 is 0 Å². The van der Waals surface area contributed by atoms with E-state index in [0.717, 1.165) is 12.1 Å². The molecule has 0 saturated heterocycles. The van der Waals surface area contributed by atoms with Crippen LogP contribution in [0.15, 0.2) is 33.8 Å². The minimum Gasteiger partial charge on any atom is -0.370 e. The van der Waals surface area contributed by atoms with Crippen LogP contribution in [-0.2, 0) is 6.54 Å². The molecule has 3 N–H and O–H groups in total. The summed E-state index contributed by atoms with van der Waals surface area (Å²) in [5.74, 6) is 1.75. The third-order valence-corrected chi connectivity index (χ3v) is 2.86. The molecular weight excluding hydrogens is 417 g/mol. The van der Waals surface area contributed by atoms with Crippen molar-refractivity contribution in [3.8, 4) is 11.4 Å². The Hall–Kier alpha value is -1.35. The first-order valence-electron chi connectivity index (χ1n) is 6.67. The van der Waals surface area contributed by atoms with Gasteiger partial charge in [0, 0.05) is 17.1 Å². The molecule has 22 heavy (non-hydrogen) atoms. The predicted octanol–water partition coefficient (Wildman–Crippen LogP) is 3.07. The lowest BCUT2D eigenvalue weighted by molar-refractivity contribution is 0.381. The summed E-state index contributed by atoms with van der Waals surface area (Å²) >= 11 is 5.93. The van der Waals surface area contributed by atoms with Gasteiger partial charge in [0.05, 0.1) is 0 Å². The highest BCUT2D eigenvalue weighted by Gasteiger charge is 2.08. The van der Waals surface area contributed by atoms with Crippen LogP contribution in [0.5, 0.6) is 0 Å². The van der Waals surface area contributed by atoms with Crippen LogP contribution in [0.4, 0.5) is 0 Å². The van der Waals surface area contributed by atoms with Crippen molar-refractivity contribution < 1.29 is 4.52 Å². The number of aromatic nitrogens is 2. The third-order valence-electron chi connectivity index (χ3n) is 2.63. The van der Waals surface area contributed by atoms with Gasteiger partial charge in [-0.25, -0.2) is 4.99 Å². The quantitative estimate of drug-likeness (QED) is 0.428. The van der Waals surface area contributed by atoms with Crippen LogP contribution in [0.3, 0.4) is 0 Å². The van der Waals surface area contributed by atoms with Gasteiger partial charge in [0.15, 0.2) is 5.96 Å². The molecule has 0 bridgehead atoms. The van der Waals surface area contributed by atoms with Gasteiger partial charge in [-0.3, -0.25) is 0 Å². The Bertz CT molecular complexity index is 629. The van der Waals surface area contributed by atoms with E-state index in [2.05, 4.69) is 34.3 Å². The Balaban J connectivity index is 0.00000242. The molecule has 0 saturated carbocycles. The third kappa shape index (κ3) is 5.80. The van der Waals surface area contributed by atoms with Gasteiger partial charge in [-0.2, -0.15) is 4.98 Å². The highest BCUT2D eigenvalue weighted by molar-refractivity contribution is 14.0. The SMILES string of the molecule is CC(C)CNC(N)=NCc1nc(-c2cccc(Cl)c2)no1.I. The molecule has 6 nitrogen and oxygen atoms in total. The number of nitrogens with one attached hydrogen (secondary N) is 1. The number of guanidine groups is 1. The summed E-state index contributed by atoms with van der Waals surface area (Å²) in [6.45, 7) is 5.20. The molecule has 1 aromatic carbocycles. The van der Waals surface area contributed by atoms with E-state index in [4.69, 9.17) is 21.9 Å². The fourth-order valence-electron chi connectivity index (χ4n) is 1.58. The van der Waals surface area contributed by atoms with Crippen LogP contribution in [0.1, 0.15) is 19.7 Å². The number of rotatable bonds is 5. The maximum Gasteiger partial charge on any atom is 0.248 e. The molecule has 0 aliphatic rings. The minimum absolute atomic E-state index is 0. The van der Waals surface area contributed by atoms with Gasteiger partial charge < -0.3 is 15.6 Å². The van der Waals surface area contributed by atoms with Crippen molar-refractivity contribution in [2.45, 2.75) is 20.4 Å². The van der Waals surface area contributed by atoms with E-state index in [9.17, 15) is 0 Å². The van der Waals surface area contributed by atoms with Gasteiger partial charge in [-0.15, -0.1) is 24.0 Å². The first-order chi connectivity index (χ1) is 10.0. The zero-order chi connectivity index (χ0) is 15.2. The van der Waals surface area contributed by atoms with Crippen LogP contribution < -0.4 is 11.1 Å². The lowest BCUT2D eigenvalue weighted by Crippen LogP contribution is -2.34. The molecule has 0 unspecified atom stereocenters. The Labute approximate surface area is 151 Å². The van der Waals surface area contributed by atoms with Crippen molar-refractivity contribution in [2.75, 3.05) is 6.54 Å². The molecule has 2 rings (SSSR count). The molecule has 1 heterocycles. The van der Waals surface area contributed by atoms with Crippen molar-refractivity contribution >= 4 is 41.5 Å². The second-order valence-corrected chi connectivity index (χ2v) is 5.43. The van der Waals surface area contributed by atoms with Gasteiger partial charge in [-0.1, -0.05) is 42.7 Å². The lowest BCUT2D eigenvalue weighted by atomic mass is 10.2. The fraction of sp³-hybridized carbons (Fsp3) is 0.357. The number of nitrogens with two attached hydrogens (primary N) is 1. The number of hydrogen-bond acceptors (Lipinski definition) is 4. The van der Waals surface area contributed by atoms with E-state index in [-0.39, 0.29) is 30.5 Å². The first-order valence-corrected chi connectivity index (χ1v) is 7.04. The van der Waals surface area contributed by atoms with E-state index in [1.54, 1.807) is 12.1 Å². The van der Waals surface area contributed by atoms with Gasteiger partial charge in [-0.05, 0) is 18.1 Å². The zero-order valence-corrected chi connectivity index (χ0v) is 15.5. The Morgan fingerprint density at radius 2 is 2.23 bits per heavy atom. The van der Waals surface area contributed by atoms with E-state index < -0.39 is 0 Å². The molecule has 1 aromatic heterocycles. The van der Waals surface area contributed by atoms with Crippen molar-refractivity contribution in [1.29, 1.82) is 0 Å². The first kappa shape index (κ1) is 18.7. The normalized spacial score (nSPS) is 11.4. The highest BCUT2D eigenvalue weighted by atomic mass is 127. The minimum atomic E-state index is 0. The summed E-state index contributed by atoms with van der Waals surface area (Å²) in [6.07, 6.45) is 0. The highest BCUT2D eigenvalue weighted by Crippen LogP contribution is 2.19. The van der Waals surface area contributed by atoms with E-state index in [1.165, 1.54) is 0 Å². The van der Waals surface area contributed by atoms with Gasteiger partial charge in [0.1, 0.15) is 6.54 Å². The summed E-state index contributed by atoms with van der Waals surface area (Å²) < 4.78 is 5.14. The number of benzene rings is 1. The summed E-state index contributed by atoms with van der Waals surface area (Å²) in [5.41, 5.74) is 6.54. The summed E-state index contributed by atoms with van der Waals surface area (Å²) in [7, 11) is 0. The number of hydrogen-bond donors (Lipinski definition) is 2. The molecule has 0 spiro atoms. The fourth-order valence-corrected chi connectivity index (χ4v) is 1.77. The average Bonchev–Trinajstić information content (AvgIpc) is 2.92. The summed E-state index contributed by atoms with van der Waals surface area (Å²) in [5, 5.41) is 7.55. The van der Waals surface area contributed by atoms with Crippen LogP contribution in [0, 0.1) is 5.92 Å². The molecule has 0 amide bonds. The molecule has 0 aliphatic heterocycles. The molecule has 0 aliphatic carbocycles. The largest absolute Gasteiger partial charge is 0.370 e. The molecule has 2 aromatic rings. The Kier molecular flexibility index (Phi) is 7.60. The monoisotopic (exact) mass is 435 g/mol. The van der Waals surface area contributed by atoms with Crippen LogP contribution in [0.2, 0.25) is 5.02 Å².